The Morgan fingerprint density at radius 2 is 1.79 bits per heavy atom. The van der Waals surface area contributed by atoms with Gasteiger partial charge in [-0.2, -0.15) is 0 Å². The Bertz CT molecular complexity index is 751. The van der Waals surface area contributed by atoms with Gasteiger partial charge in [-0.15, -0.1) is 0 Å². The summed E-state index contributed by atoms with van der Waals surface area (Å²) in [6.45, 7) is 8.28. The van der Waals surface area contributed by atoms with Crippen molar-refractivity contribution in [2.75, 3.05) is 14.2 Å². The molecule has 2 atom stereocenters. The van der Waals surface area contributed by atoms with Gasteiger partial charge in [0.2, 0.25) is 0 Å². The number of ether oxygens (including phenoxy) is 4. The summed E-state index contributed by atoms with van der Waals surface area (Å²) in [6, 6.07) is 6.11. The molecule has 0 saturated heterocycles. The van der Waals surface area contributed by atoms with Crippen LogP contribution >= 0.6 is 0 Å². The lowest BCUT2D eigenvalue weighted by molar-refractivity contribution is -0.00379. The molecular weight excluding hydrogens is 304 g/mol. The van der Waals surface area contributed by atoms with E-state index >= 15 is 0 Å². The fraction of sp³-hybridized carbons (Fsp3) is 0.500. The minimum atomic E-state index is 0.0242. The summed E-state index contributed by atoms with van der Waals surface area (Å²) < 4.78 is 23.3. The topological polar surface area (TPSA) is 36.9 Å². The third kappa shape index (κ3) is 2.91. The third-order valence-electron chi connectivity index (χ3n) is 4.43. The lowest BCUT2D eigenvalue weighted by atomic mass is 9.89. The van der Waals surface area contributed by atoms with Crippen molar-refractivity contribution in [1.82, 2.24) is 0 Å². The summed E-state index contributed by atoms with van der Waals surface area (Å²) in [4.78, 5) is 0. The van der Waals surface area contributed by atoms with Crippen LogP contribution in [0.5, 0.6) is 17.2 Å². The average molecular weight is 330 g/mol. The highest BCUT2D eigenvalue weighted by molar-refractivity contribution is 5.98. The van der Waals surface area contributed by atoms with E-state index in [2.05, 4.69) is 26.0 Å². The van der Waals surface area contributed by atoms with Gasteiger partial charge in [-0.1, -0.05) is 0 Å². The zero-order chi connectivity index (χ0) is 17.4. The van der Waals surface area contributed by atoms with E-state index in [1.807, 2.05) is 19.9 Å². The van der Waals surface area contributed by atoms with Crippen molar-refractivity contribution >= 4 is 10.8 Å². The van der Waals surface area contributed by atoms with Crippen molar-refractivity contribution < 1.29 is 18.9 Å². The maximum atomic E-state index is 6.12. The Balaban J connectivity index is 2.36. The van der Waals surface area contributed by atoms with Gasteiger partial charge in [0.25, 0.3) is 0 Å². The summed E-state index contributed by atoms with van der Waals surface area (Å²) in [7, 11) is 3.35. The first-order valence-corrected chi connectivity index (χ1v) is 8.48. The Labute approximate surface area is 143 Å². The van der Waals surface area contributed by atoms with E-state index in [1.54, 1.807) is 14.2 Å². The Kier molecular flexibility index (Phi) is 4.59. The van der Waals surface area contributed by atoms with Crippen LogP contribution in [0.1, 0.15) is 44.9 Å². The molecule has 2 aromatic carbocycles. The Morgan fingerprint density at radius 3 is 2.42 bits per heavy atom. The summed E-state index contributed by atoms with van der Waals surface area (Å²) in [5, 5.41) is 2.06. The van der Waals surface area contributed by atoms with Crippen LogP contribution in [0.15, 0.2) is 18.2 Å². The van der Waals surface area contributed by atoms with E-state index in [0.29, 0.717) is 0 Å². The van der Waals surface area contributed by atoms with Crippen LogP contribution in [0.3, 0.4) is 0 Å². The number of hydrogen-bond donors (Lipinski definition) is 0. The van der Waals surface area contributed by atoms with Crippen molar-refractivity contribution in [2.45, 2.75) is 52.4 Å². The molecule has 0 saturated carbocycles. The largest absolute Gasteiger partial charge is 0.497 e. The van der Waals surface area contributed by atoms with E-state index in [0.717, 1.165) is 34.4 Å². The maximum Gasteiger partial charge on any atom is 0.134 e. The summed E-state index contributed by atoms with van der Waals surface area (Å²) in [5.74, 6) is 2.39. The van der Waals surface area contributed by atoms with Crippen LogP contribution in [-0.2, 0) is 11.2 Å². The lowest BCUT2D eigenvalue weighted by Crippen LogP contribution is -2.22. The van der Waals surface area contributed by atoms with Gasteiger partial charge in [0.15, 0.2) is 0 Å². The van der Waals surface area contributed by atoms with Crippen LogP contribution in [0.2, 0.25) is 0 Å². The molecule has 0 N–H and O–H groups in total. The van der Waals surface area contributed by atoms with Gasteiger partial charge in [-0.3, -0.25) is 0 Å². The molecule has 0 aromatic heterocycles. The van der Waals surface area contributed by atoms with Crippen LogP contribution in [-0.4, -0.2) is 26.4 Å². The van der Waals surface area contributed by atoms with Crippen LogP contribution < -0.4 is 14.2 Å². The Morgan fingerprint density at radius 1 is 1.04 bits per heavy atom. The zero-order valence-corrected chi connectivity index (χ0v) is 15.3. The van der Waals surface area contributed by atoms with Crippen molar-refractivity contribution in [1.29, 1.82) is 0 Å². The predicted molar refractivity (Wildman–Crippen MR) is 95.5 cm³/mol. The Hall–Kier alpha value is -1.94. The summed E-state index contributed by atoms with van der Waals surface area (Å²) >= 11 is 0. The van der Waals surface area contributed by atoms with E-state index in [-0.39, 0.29) is 18.3 Å². The van der Waals surface area contributed by atoms with Crippen molar-refractivity contribution in [3.05, 3.63) is 29.3 Å². The van der Waals surface area contributed by atoms with E-state index < -0.39 is 0 Å². The number of rotatable bonds is 4. The van der Waals surface area contributed by atoms with Gasteiger partial charge in [0.1, 0.15) is 17.2 Å². The molecule has 130 valence electrons. The van der Waals surface area contributed by atoms with Gasteiger partial charge in [0, 0.05) is 6.07 Å². The number of methoxy groups -OCH3 is 2. The molecule has 1 heterocycles. The molecule has 0 spiro atoms. The molecule has 24 heavy (non-hydrogen) atoms. The zero-order valence-electron chi connectivity index (χ0n) is 15.3. The first kappa shape index (κ1) is 16.9. The highest BCUT2D eigenvalue weighted by Crippen LogP contribution is 2.45. The molecule has 1 aliphatic heterocycles. The molecule has 0 radical (unpaired) electrons. The molecule has 4 nitrogen and oxygen atoms in total. The highest BCUT2D eigenvalue weighted by atomic mass is 16.5. The van der Waals surface area contributed by atoms with Crippen LogP contribution in [0, 0.1) is 0 Å². The highest BCUT2D eigenvalue weighted by Gasteiger charge is 2.27. The molecule has 3 rings (SSSR count). The normalized spacial score (nSPS) is 20.1. The van der Waals surface area contributed by atoms with Gasteiger partial charge in [0.05, 0.1) is 37.9 Å². The number of hydrogen-bond acceptors (Lipinski definition) is 4. The second-order valence-corrected chi connectivity index (χ2v) is 6.66. The van der Waals surface area contributed by atoms with Crippen LogP contribution in [0.4, 0.5) is 0 Å². The average Bonchev–Trinajstić information content (AvgIpc) is 2.52. The van der Waals surface area contributed by atoms with E-state index in [4.69, 9.17) is 18.9 Å². The monoisotopic (exact) mass is 330 g/mol. The fourth-order valence-corrected chi connectivity index (χ4v) is 3.59. The standard InChI is InChI=1S/C20H26O4/c1-11(2)23-18-8-14-7-12(3)24-13(4)19(14)16-9-15(21-5)10-17(22-6)20(16)18/h8-13H,7H2,1-6H3/t12-,13+/m0/s1. The van der Waals surface area contributed by atoms with Crippen molar-refractivity contribution in [3.8, 4) is 17.2 Å². The van der Waals surface area contributed by atoms with Gasteiger partial charge in [-0.05, 0) is 62.8 Å². The molecule has 4 heteroatoms. The smallest absolute Gasteiger partial charge is 0.134 e. The second-order valence-electron chi connectivity index (χ2n) is 6.66. The maximum absolute atomic E-state index is 6.12. The van der Waals surface area contributed by atoms with Gasteiger partial charge in [-0.25, -0.2) is 0 Å². The van der Waals surface area contributed by atoms with Crippen LogP contribution in [0.25, 0.3) is 10.8 Å². The molecule has 2 aromatic rings. The number of fused-ring (bicyclic) bond motifs is 3. The molecule has 0 unspecified atom stereocenters. The minimum absolute atomic E-state index is 0.0242. The van der Waals surface area contributed by atoms with Crippen molar-refractivity contribution in [2.24, 2.45) is 0 Å². The van der Waals surface area contributed by atoms with E-state index in [9.17, 15) is 0 Å². The summed E-state index contributed by atoms with van der Waals surface area (Å²) in [5.41, 5.74) is 2.48. The van der Waals surface area contributed by atoms with Gasteiger partial charge >= 0.3 is 0 Å². The minimum Gasteiger partial charge on any atom is -0.497 e. The summed E-state index contributed by atoms with van der Waals surface area (Å²) in [6.07, 6.45) is 1.19. The molecular formula is C20H26O4. The lowest BCUT2D eigenvalue weighted by Gasteiger charge is -2.31. The van der Waals surface area contributed by atoms with E-state index in [1.165, 1.54) is 11.1 Å². The fourth-order valence-electron chi connectivity index (χ4n) is 3.59. The molecule has 0 aliphatic carbocycles. The molecule has 0 bridgehead atoms. The first-order valence-electron chi connectivity index (χ1n) is 8.48. The predicted octanol–water partition coefficient (Wildman–Crippen LogP) is 4.67. The quantitative estimate of drug-likeness (QED) is 0.816. The SMILES string of the molecule is COc1cc(OC)c2c(OC(C)C)cc3c(c2c1)[C@@H](C)O[C@@H](C)C3. The second kappa shape index (κ2) is 6.52. The molecule has 1 aliphatic rings. The molecule has 0 amide bonds. The first-order chi connectivity index (χ1) is 11.4. The van der Waals surface area contributed by atoms with Gasteiger partial charge < -0.3 is 18.9 Å². The number of benzene rings is 2. The van der Waals surface area contributed by atoms with Crippen molar-refractivity contribution in [3.63, 3.8) is 0 Å². The third-order valence-corrected chi connectivity index (χ3v) is 4.43. The molecule has 0 fully saturated rings.